The molecule has 1 heterocycles. The fraction of sp³-hybridized carbons (Fsp3) is 0.167. The lowest BCUT2D eigenvalue weighted by molar-refractivity contribution is -0.111. The molecule has 0 saturated heterocycles. The van der Waals surface area contributed by atoms with Crippen LogP contribution < -0.4 is 16.6 Å². The number of carbonyl (C=O) groups is 1. The molecule has 26 heavy (non-hydrogen) atoms. The largest absolute Gasteiger partial charge is 0.508 e. The Bertz CT molecular complexity index is 1050. The van der Waals surface area contributed by atoms with Gasteiger partial charge in [0.25, 0.3) is 5.56 Å². The number of hydrogen-bond donors (Lipinski definition) is 2. The first-order chi connectivity index (χ1) is 12.3. The van der Waals surface area contributed by atoms with Gasteiger partial charge < -0.3 is 10.4 Å². The van der Waals surface area contributed by atoms with Gasteiger partial charge in [-0.1, -0.05) is 35.6 Å². The predicted octanol–water partition coefficient (Wildman–Crippen LogP) is 1.47. The van der Waals surface area contributed by atoms with Gasteiger partial charge in [0, 0.05) is 12.6 Å². The van der Waals surface area contributed by atoms with Gasteiger partial charge in [0.15, 0.2) is 0 Å². The van der Waals surface area contributed by atoms with Crippen molar-refractivity contribution in [3.8, 4) is 17.6 Å². The van der Waals surface area contributed by atoms with E-state index in [0.29, 0.717) is 5.56 Å². The van der Waals surface area contributed by atoms with Gasteiger partial charge in [0.1, 0.15) is 16.6 Å². The van der Waals surface area contributed by atoms with Gasteiger partial charge in [-0.25, -0.2) is 4.79 Å². The maximum Gasteiger partial charge on any atom is 0.332 e. The molecule has 8 heteroatoms. The van der Waals surface area contributed by atoms with E-state index in [2.05, 4.69) is 17.2 Å². The van der Waals surface area contributed by atoms with Crippen LogP contribution in [0.1, 0.15) is 12.5 Å². The molecule has 0 atom stereocenters. The Labute approximate surface area is 154 Å². The van der Waals surface area contributed by atoms with Crippen LogP contribution in [0.15, 0.2) is 46.0 Å². The summed E-state index contributed by atoms with van der Waals surface area (Å²) >= 11 is 6.15. The third-order valence-electron chi connectivity index (χ3n) is 3.36. The average Bonchev–Trinajstić information content (AvgIpc) is 2.60. The van der Waals surface area contributed by atoms with Crippen LogP contribution in [0.4, 0.5) is 5.69 Å². The van der Waals surface area contributed by atoms with Crippen LogP contribution in [0.25, 0.3) is 0 Å². The molecule has 0 saturated carbocycles. The van der Waals surface area contributed by atoms with Crippen molar-refractivity contribution in [1.82, 2.24) is 9.13 Å². The number of benzene rings is 1. The lowest BCUT2D eigenvalue weighted by atomic mass is 10.2. The molecule has 0 unspecified atom stereocenters. The number of hydrogen-bond acceptors (Lipinski definition) is 4. The molecule has 0 radical (unpaired) electrons. The van der Waals surface area contributed by atoms with E-state index in [1.165, 1.54) is 31.3 Å². The van der Waals surface area contributed by atoms with Crippen molar-refractivity contribution in [2.75, 3.05) is 5.32 Å². The molecule has 7 nitrogen and oxygen atoms in total. The zero-order valence-electron chi connectivity index (χ0n) is 14.1. The molecule has 0 aliphatic rings. The van der Waals surface area contributed by atoms with Gasteiger partial charge in [-0.2, -0.15) is 0 Å². The standard InChI is InChI=1S/C18H16ClN3O4/c1-3-6-14(24)20-15-16(19)22(18(26)21(2)17(15)25)10-5-8-12-7-4-9-13(23)11-12/h3-4,6-7,9,11,23H,10H2,1-2H3,(H,20,24)/b6-3+. The second kappa shape index (κ2) is 8.23. The number of allylic oxidation sites excluding steroid dienone is 1. The summed E-state index contributed by atoms with van der Waals surface area (Å²) in [5.74, 6) is 5.08. The molecule has 1 amide bonds. The Morgan fingerprint density at radius 2 is 2.12 bits per heavy atom. The number of amides is 1. The SMILES string of the molecule is C/C=C/C(=O)Nc1c(Cl)n(CC#Cc2cccc(O)c2)c(=O)n(C)c1=O. The number of nitrogens with one attached hydrogen (secondary N) is 1. The van der Waals surface area contributed by atoms with E-state index < -0.39 is 17.2 Å². The highest BCUT2D eigenvalue weighted by Gasteiger charge is 2.16. The van der Waals surface area contributed by atoms with E-state index in [1.807, 2.05) is 0 Å². The van der Waals surface area contributed by atoms with Crippen molar-refractivity contribution >= 4 is 23.2 Å². The number of aromatic hydroxyl groups is 1. The molecule has 0 fully saturated rings. The minimum absolute atomic E-state index is 0.0723. The Kier molecular flexibility index (Phi) is 6.04. The summed E-state index contributed by atoms with van der Waals surface area (Å²) in [6, 6.07) is 6.32. The number of rotatable bonds is 3. The van der Waals surface area contributed by atoms with Crippen LogP contribution in [0.2, 0.25) is 5.15 Å². The molecule has 0 aliphatic carbocycles. The smallest absolute Gasteiger partial charge is 0.332 e. The van der Waals surface area contributed by atoms with E-state index in [4.69, 9.17) is 11.6 Å². The van der Waals surface area contributed by atoms with Crippen molar-refractivity contribution in [1.29, 1.82) is 0 Å². The van der Waals surface area contributed by atoms with Crippen LogP contribution in [0.5, 0.6) is 5.75 Å². The van der Waals surface area contributed by atoms with E-state index in [9.17, 15) is 19.5 Å². The van der Waals surface area contributed by atoms with Crippen LogP contribution >= 0.6 is 11.6 Å². The molecule has 2 rings (SSSR count). The summed E-state index contributed by atoms with van der Waals surface area (Å²) in [7, 11) is 1.28. The quantitative estimate of drug-likeness (QED) is 0.484. The van der Waals surface area contributed by atoms with Gasteiger partial charge in [0.05, 0.1) is 6.54 Å². The minimum Gasteiger partial charge on any atom is -0.508 e. The first-order valence-electron chi connectivity index (χ1n) is 7.56. The van der Waals surface area contributed by atoms with Crippen LogP contribution in [0, 0.1) is 11.8 Å². The minimum atomic E-state index is -0.713. The summed E-state index contributed by atoms with van der Waals surface area (Å²) in [4.78, 5) is 36.2. The molecule has 2 aromatic rings. The second-order valence-electron chi connectivity index (χ2n) is 5.24. The zero-order chi connectivity index (χ0) is 19.3. The fourth-order valence-electron chi connectivity index (χ4n) is 2.11. The van der Waals surface area contributed by atoms with Gasteiger partial charge in [-0.05, 0) is 31.2 Å². The van der Waals surface area contributed by atoms with Gasteiger partial charge in [0.2, 0.25) is 5.91 Å². The normalized spacial score (nSPS) is 10.4. The third-order valence-corrected chi connectivity index (χ3v) is 3.75. The molecule has 1 aromatic heterocycles. The first-order valence-corrected chi connectivity index (χ1v) is 7.94. The van der Waals surface area contributed by atoms with Crippen LogP contribution in [0.3, 0.4) is 0 Å². The molecule has 134 valence electrons. The Morgan fingerprint density at radius 3 is 2.77 bits per heavy atom. The molecular weight excluding hydrogens is 358 g/mol. The summed E-state index contributed by atoms with van der Waals surface area (Å²) < 4.78 is 1.91. The Morgan fingerprint density at radius 1 is 1.38 bits per heavy atom. The molecule has 2 N–H and O–H groups in total. The molecule has 0 spiro atoms. The fourth-order valence-corrected chi connectivity index (χ4v) is 2.37. The lowest BCUT2D eigenvalue weighted by Gasteiger charge is -2.12. The molecular formula is C18H16ClN3O4. The highest BCUT2D eigenvalue weighted by atomic mass is 35.5. The Hall–Kier alpha value is -3.24. The number of aromatic nitrogens is 2. The van der Waals surface area contributed by atoms with Gasteiger partial charge in [-0.15, -0.1) is 0 Å². The lowest BCUT2D eigenvalue weighted by Crippen LogP contribution is -2.40. The molecule has 0 aliphatic heterocycles. The van der Waals surface area contributed by atoms with Crippen molar-refractivity contribution in [3.05, 3.63) is 68.0 Å². The summed E-state index contributed by atoms with van der Waals surface area (Å²) in [5, 5.41) is 11.6. The summed E-state index contributed by atoms with van der Waals surface area (Å²) in [6.45, 7) is 1.55. The Balaban J connectivity index is 2.43. The number of anilines is 1. The van der Waals surface area contributed by atoms with Gasteiger partial charge in [-0.3, -0.25) is 18.7 Å². The number of halogens is 1. The molecule has 1 aromatic carbocycles. The van der Waals surface area contributed by atoms with Gasteiger partial charge >= 0.3 is 5.69 Å². The summed E-state index contributed by atoms with van der Waals surface area (Å²) in [6.07, 6.45) is 2.73. The van der Waals surface area contributed by atoms with E-state index in [0.717, 1.165) is 9.13 Å². The molecule has 0 bridgehead atoms. The van der Waals surface area contributed by atoms with Crippen molar-refractivity contribution < 1.29 is 9.90 Å². The third kappa shape index (κ3) is 4.23. The van der Waals surface area contributed by atoms with Crippen molar-refractivity contribution in [2.24, 2.45) is 7.05 Å². The topological polar surface area (TPSA) is 93.3 Å². The number of nitrogens with zero attached hydrogens (tertiary/aromatic N) is 2. The van der Waals surface area contributed by atoms with Crippen LogP contribution in [-0.2, 0) is 18.4 Å². The number of carbonyl (C=O) groups excluding carboxylic acids is 1. The van der Waals surface area contributed by atoms with E-state index in [-0.39, 0.29) is 23.1 Å². The second-order valence-corrected chi connectivity index (χ2v) is 5.60. The van der Waals surface area contributed by atoms with E-state index in [1.54, 1.807) is 19.1 Å². The van der Waals surface area contributed by atoms with Crippen molar-refractivity contribution in [3.63, 3.8) is 0 Å². The monoisotopic (exact) mass is 373 g/mol. The van der Waals surface area contributed by atoms with Crippen LogP contribution in [-0.4, -0.2) is 20.1 Å². The average molecular weight is 374 g/mol. The zero-order valence-corrected chi connectivity index (χ0v) is 14.9. The van der Waals surface area contributed by atoms with E-state index >= 15 is 0 Å². The highest BCUT2D eigenvalue weighted by Crippen LogP contribution is 2.15. The van der Waals surface area contributed by atoms with Crippen molar-refractivity contribution in [2.45, 2.75) is 13.5 Å². The maximum absolute atomic E-state index is 12.3. The first kappa shape index (κ1) is 19.1. The highest BCUT2D eigenvalue weighted by molar-refractivity contribution is 6.32. The number of phenols is 1. The maximum atomic E-state index is 12.3. The predicted molar refractivity (Wildman–Crippen MR) is 99.4 cm³/mol. The summed E-state index contributed by atoms with van der Waals surface area (Å²) in [5.41, 5.74) is -1.01. The number of phenolic OH excluding ortho intramolecular Hbond substituents is 1.